The molecule has 10 nitrogen and oxygen atoms in total. The second-order valence-corrected chi connectivity index (χ2v) is 6.98. The van der Waals surface area contributed by atoms with E-state index in [4.69, 9.17) is 31.2 Å². The van der Waals surface area contributed by atoms with E-state index >= 15 is 0 Å². The van der Waals surface area contributed by atoms with Gasteiger partial charge >= 0.3 is 5.97 Å². The minimum absolute atomic E-state index is 0.0295. The zero-order valence-corrected chi connectivity index (χ0v) is 18.8. The van der Waals surface area contributed by atoms with Crippen molar-refractivity contribution in [1.82, 2.24) is 15.5 Å². The Bertz CT molecular complexity index is 821. The van der Waals surface area contributed by atoms with E-state index in [1.807, 2.05) is 6.92 Å². The van der Waals surface area contributed by atoms with Crippen LogP contribution in [0.4, 0.5) is 0 Å². The standard InChI is InChI=1S/C20H27N3O7S/c1-5-8-30-16(24)11-13-19(26)21-6-7-23(13)20(31)22-18(25)12-9-14(27-2)17(29-4)15(10-12)28-3/h9-10,13H,5-8,11H2,1-4H3,(H,21,26)(H,22,25,31)/t13-/m0/s1. The van der Waals surface area contributed by atoms with Crippen molar-refractivity contribution in [2.45, 2.75) is 25.8 Å². The van der Waals surface area contributed by atoms with E-state index < -0.39 is 17.9 Å². The number of hydrogen-bond acceptors (Lipinski definition) is 8. The van der Waals surface area contributed by atoms with E-state index in [0.29, 0.717) is 36.8 Å². The second kappa shape index (κ2) is 11.3. The lowest BCUT2D eigenvalue weighted by molar-refractivity contribution is -0.147. The van der Waals surface area contributed by atoms with E-state index in [-0.39, 0.29) is 29.6 Å². The summed E-state index contributed by atoms with van der Waals surface area (Å²) in [4.78, 5) is 38.7. The third-order valence-electron chi connectivity index (χ3n) is 4.57. The van der Waals surface area contributed by atoms with Gasteiger partial charge in [0.05, 0.1) is 34.4 Å². The van der Waals surface area contributed by atoms with Gasteiger partial charge in [-0.25, -0.2) is 0 Å². The molecule has 0 aromatic heterocycles. The van der Waals surface area contributed by atoms with Crippen LogP contribution in [0.25, 0.3) is 0 Å². The lowest BCUT2D eigenvalue weighted by Gasteiger charge is -2.36. The number of hydrogen-bond donors (Lipinski definition) is 2. The Morgan fingerprint density at radius 3 is 2.39 bits per heavy atom. The van der Waals surface area contributed by atoms with Gasteiger partial charge in [-0.3, -0.25) is 19.7 Å². The number of carbonyl (C=O) groups is 3. The normalized spacial score (nSPS) is 15.5. The summed E-state index contributed by atoms with van der Waals surface area (Å²) in [6, 6.07) is 2.11. The minimum atomic E-state index is -0.870. The molecule has 1 aromatic carbocycles. The molecule has 2 rings (SSSR count). The number of benzene rings is 1. The molecule has 1 aliphatic rings. The summed E-state index contributed by atoms with van der Waals surface area (Å²) in [6.07, 6.45) is 0.502. The van der Waals surface area contributed by atoms with Gasteiger partial charge in [0.15, 0.2) is 16.6 Å². The monoisotopic (exact) mass is 453 g/mol. The van der Waals surface area contributed by atoms with E-state index in [2.05, 4.69) is 10.6 Å². The summed E-state index contributed by atoms with van der Waals surface area (Å²) in [5.74, 6) is -0.416. The van der Waals surface area contributed by atoms with Gasteiger partial charge in [-0.05, 0) is 30.8 Å². The first kappa shape index (κ1) is 24.2. The molecule has 0 unspecified atom stereocenters. The first-order chi connectivity index (χ1) is 14.9. The molecule has 1 atom stereocenters. The van der Waals surface area contributed by atoms with Gasteiger partial charge in [0.25, 0.3) is 5.91 Å². The molecule has 0 spiro atoms. The topological polar surface area (TPSA) is 115 Å². The van der Waals surface area contributed by atoms with Crippen molar-refractivity contribution in [3.05, 3.63) is 17.7 Å². The van der Waals surface area contributed by atoms with Crippen LogP contribution in [0.5, 0.6) is 17.2 Å². The number of thiocarbonyl (C=S) groups is 1. The summed E-state index contributed by atoms with van der Waals surface area (Å²) in [5.41, 5.74) is 0.220. The van der Waals surface area contributed by atoms with Crippen LogP contribution < -0.4 is 24.8 Å². The van der Waals surface area contributed by atoms with Gasteiger partial charge in [-0.1, -0.05) is 6.92 Å². The Morgan fingerprint density at radius 2 is 1.84 bits per heavy atom. The van der Waals surface area contributed by atoms with Crippen LogP contribution in [0.3, 0.4) is 0 Å². The summed E-state index contributed by atoms with van der Waals surface area (Å²) in [5, 5.41) is 5.34. The molecule has 1 aromatic rings. The predicted octanol–water partition coefficient (Wildman–Crippen LogP) is 0.871. The summed E-state index contributed by atoms with van der Waals surface area (Å²) in [7, 11) is 4.35. The van der Waals surface area contributed by atoms with Crippen LogP contribution in [0.1, 0.15) is 30.1 Å². The van der Waals surface area contributed by atoms with E-state index in [9.17, 15) is 14.4 Å². The Morgan fingerprint density at radius 1 is 1.19 bits per heavy atom. The van der Waals surface area contributed by atoms with Crippen molar-refractivity contribution in [3.8, 4) is 17.2 Å². The summed E-state index contributed by atoms with van der Waals surface area (Å²) >= 11 is 5.37. The third-order valence-corrected chi connectivity index (χ3v) is 4.90. The highest BCUT2D eigenvalue weighted by atomic mass is 32.1. The molecular formula is C20H27N3O7S. The average molecular weight is 454 g/mol. The maximum Gasteiger partial charge on any atom is 0.308 e. The van der Waals surface area contributed by atoms with Gasteiger partial charge in [0.1, 0.15) is 6.04 Å². The number of methoxy groups -OCH3 is 3. The molecule has 0 radical (unpaired) electrons. The molecule has 0 bridgehead atoms. The Kier molecular flexibility index (Phi) is 8.86. The van der Waals surface area contributed by atoms with Crippen LogP contribution in [0.15, 0.2) is 12.1 Å². The van der Waals surface area contributed by atoms with Crippen LogP contribution in [0.2, 0.25) is 0 Å². The minimum Gasteiger partial charge on any atom is -0.493 e. The average Bonchev–Trinajstić information content (AvgIpc) is 2.77. The summed E-state index contributed by atoms with van der Waals surface area (Å²) < 4.78 is 20.9. The highest BCUT2D eigenvalue weighted by molar-refractivity contribution is 7.80. The highest BCUT2D eigenvalue weighted by Gasteiger charge is 2.34. The van der Waals surface area contributed by atoms with Crippen LogP contribution in [0, 0.1) is 0 Å². The largest absolute Gasteiger partial charge is 0.493 e. The lowest BCUT2D eigenvalue weighted by atomic mass is 10.1. The van der Waals surface area contributed by atoms with Crippen molar-refractivity contribution in [2.75, 3.05) is 41.0 Å². The molecule has 1 saturated heterocycles. The molecule has 0 saturated carbocycles. The molecular weight excluding hydrogens is 426 g/mol. The van der Waals surface area contributed by atoms with E-state index in [1.165, 1.54) is 38.4 Å². The van der Waals surface area contributed by atoms with Crippen molar-refractivity contribution >= 4 is 35.1 Å². The van der Waals surface area contributed by atoms with Gasteiger partial charge in [0, 0.05) is 18.7 Å². The summed E-state index contributed by atoms with van der Waals surface area (Å²) in [6.45, 7) is 2.82. The van der Waals surface area contributed by atoms with Gasteiger partial charge < -0.3 is 29.2 Å². The fourth-order valence-electron chi connectivity index (χ4n) is 3.05. The number of piperazine rings is 1. The highest BCUT2D eigenvalue weighted by Crippen LogP contribution is 2.38. The quantitative estimate of drug-likeness (QED) is 0.437. The number of rotatable bonds is 8. The molecule has 2 amide bonds. The van der Waals surface area contributed by atoms with Crippen LogP contribution >= 0.6 is 12.2 Å². The molecule has 170 valence electrons. The van der Waals surface area contributed by atoms with Crippen LogP contribution in [-0.4, -0.2) is 74.9 Å². The predicted molar refractivity (Wildman–Crippen MR) is 116 cm³/mol. The van der Waals surface area contributed by atoms with E-state index in [1.54, 1.807) is 0 Å². The first-order valence-corrected chi connectivity index (χ1v) is 10.1. The number of carbonyl (C=O) groups excluding carboxylic acids is 3. The molecule has 1 heterocycles. The van der Waals surface area contributed by atoms with Crippen molar-refractivity contribution in [3.63, 3.8) is 0 Å². The lowest BCUT2D eigenvalue weighted by Crippen LogP contribution is -2.60. The molecule has 2 N–H and O–H groups in total. The maximum absolute atomic E-state index is 12.8. The molecule has 0 aliphatic carbocycles. The first-order valence-electron chi connectivity index (χ1n) is 9.71. The maximum atomic E-state index is 12.8. The van der Waals surface area contributed by atoms with Gasteiger partial charge in [0.2, 0.25) is 11.7 Å². The third kappa shape index (κ3) is 5.97. The molecule has 1 aliphatic heterocycles. The number of amides is 2. The molecule has 11 heteroatoms. The SMILES string of the molecule is CCCOC(=O)C[C@H]1C(=O)NCCN1C(=S)NC(=O)c1cc(OC)c(OC)c(OC)c1. The fraction of sp³-hybridized carbons (Fsp3) is 0.500. The number of nitrogens with one attached hydrogen (secondary N) is 2. The second-order valence-electron chi connectivity index (χ2n) is 6.60. The Hall–Kier alpha value is -3.08. The number of esters is 1. The Labute approximate surface area is 186 Å². The number of ether oxygens (including phenoxy) is 4. The molecule has 1 fully saturated rings. The fourth-order valence-corrected chi connectivity index (χ4v) is 3.36. The van der Waals surface area contributed by atoms with Crippen LogP contribution in [-0.2, 0) is 14.3 Å². The zero-order chi connectivity index (χ0) is 23.0. The van der Waals surface area contributed by atoms with Crippen molar-refractivity contribution < 1.29 is 33.3 Å². The van der Waals surface area contributed by atoms with Gasteiger partial charge in [-0.15, -0.1) is 0 Å². The van der Waals surface area contributed by atoms with Gasteiger partial charge in [-0.2, -0.15) is 0 Å². The van der Waals surface area contributed by atoms with Crippen molar-refractivity contribution in [2.24, 2.45) is 0 Å². The Balaban J connectivity index is 2.17. The smallest absolute Gasteiger partial charge is 0.308 e. The van der Waals surface area contributed by atoms with E-state index in [0.717, 1.165) is 0 Å². The molecule has 31 heavy (non-hydrogen) atoms. The van der Waals surface area contributed by atoms with Crippen molar-refractivity contribution in [1.29, 1.82) is 0 Å². The zero-order valence-electron chi connectivity index (χ0n) is 18.0. The number of nitrogens with zero attached hydrogens (tertiary/aromatic N) is 1.